The first-order chi connectivity index (χ1) is 7.27. The van der Waals surface area contributed by atoms with Gasteiger partial charge in [0.2, 0.25) is 5.91 Å². The number of hydrogen-bond donors (Lipinski definition) is 5. The standard InChI is InChI=1S/C5H10O5.C4H7NO/c6-1-3(8)5(10)4(9)2-7;1-3(2)4(5)6/h1,3-5,7-10H,2H2;1H2,2H3,(H2,5,6)/t3-,4-,5-;/m1./s1. The van der Waals surface area contributed by atoms with E-state index in [9.17, 15) is 9.59 Å². The van der Waals surface area contributed by atoms with Gasteiger partial charge in [0.1, 0.15) is 18.3 Å². The van der Waals surface area contributed by atoms with Crippen molar-refractivity contribution in [1.82, 2.24) is 0 Å². The molecule has 0 unspecified atom stereocenters. The molecule has 0 aromatic rings. The fourth-order valence-electron chi connectivity index (χ4n) is 0.416. The molecular weight excluding hydrogens is 218 g/mol. The van der Waals surface area contributed by atoms with E-state index in [0.29, 0.717) is 5.57 Å². The van der Waals surface area contributed by atoms with Crippen molar-refractivity contribution in [3.8, 4) is 0 Å². The summed E-state index contributed by atoms with van der Waals surface area (Å²) in [4.78, 5) is 19.6. The predicted molar refractivity (Wildman–Crippen MR) is 55.2 cm³/mol. The van der Waals surface area contributed by atoms with E-state index in [4.69, 9.17) is 26.2 Å². The first-order valence-electron chi connectivity index (χ1n) is 4.33. The molecule has 0 bridgehead atoms. The Balaban J connectivity index is 0. The van der Waals surface area contributed by atoms with Crippen LogP contribution in [0.5, 0.6) is 0 Å². The molecule has 0 fully saturated rings. The zero-order chi connectivity index (χ0) is 13.3. The quantitative estimate of drug-likeness (QED) is 0.259. The van der Waals surface area contributed by atoms with Crippen LogP contribution in [-0.2, 0) is 9.59 Å². The minimum atomic E-state index is -1.64. The third-order valence-corrected chi connectivity index (χ3v) is 1.49. The Labute approximate surface area is 92.8 Å². The molecule has 0 spiro atoms. The average molecular weight is 235 g/mol. The summed E-state index contributed by atoms with van der Waals surface area (Å²) >= 11 is 0. The molecule has 6 N–H and O–H groups in total. The van der Waals surface area contributed by atoms with E-state index in [2.05, 4.69) is 6.58 Å². The van der Waals surface area contributed by atoms with E-state index in [1.165, 1.54) is 0 Å². The molecular formula is C9H17NO6. The van der Waals surface area contributed by atoms with Gasteiger partial charge in [-0.3, -0.25) is 4.79 Å². The van der Waals surface area contributed by atoms with Gasteiger partial charge in [0.05, 0.1) is 6.61 Å². The van der Waals surface area contributed by atoms with Crippen LogP contribution in [0.2, 0.25) is 0 Å². The maximum atomic E-state index is 9.82. The summed E-state index contributed by atoms with van der Waals surface area (Å²) in [7, 11) is 0. The number of carbonyl (C=O) groups is 2. The lowest BCUT2D eigenvalue weighted by atomic mass is 10.1. The van der Waals surface area contributed by atoms with Crippen LogP contribution in [0.15, 0.2) is 12.2 Å². The Morgan fingerprint density at radius 1 is 1.44 bits per heavy atom. The summed E-state index contributed by atoms with van der Waals surface area (Å²) in [5.74, 6) is -0.435. The summed E-state index contributed by atoms with van der Waals surface area (Å²) in [5.41, 5.74) is 5.09. The Morgan fingerprint density at radius 2 is 1.81 bits per heavy atom. The van der Waals surface area contributed by atoms with Gasteiger partial charge in [0.15, 0.2) is 6.29 Å². The van der Waals surface area contributed by atoms with Gasteiger partial charge >= 0.3 is 0 Å². The zero-order valence-corrected chi connectivity index (χ0v) is 8.91. The van der Waals surface area contributed by atoms with Crippen LogP contribution in [-0.4, -0.2) is 57.5 Å². The van der Waals surface area contributed by atoms with Gasteiger partial charge in [-0.2, -0.15) is 0 Å². The van der Waals surface area contributed by atoms with Crippen molar-refractivity contribution in [2.24, 2.45) is 5.73 Å². The topological polar surface area (TPSA) is 141 Å². The Kier molecular flexibility index (Phi) is 9.61. The van der Waals surface area contributed by atoms with Crippen LogP contribution in [0.25, 0.3) is 0 Å². The Hall–Kier alpha value is -1.28. The second-order valence-corrected chi connectivity index (χ2v) is 3.01. The molecule has 0 saturated carbocycles. The summed E-state index contributed by atoms with van der Waals surface area (Å²) in [6.07, 6.45) is -4.63. The second-order valence-electron chi connectivity index (χ2n) is 3.01. The maximum Gasteiger partial charge on any atom is 0.243 e. The molecule has 0 aliphatic rings. The van der Waals surface area contributed by atoms with E-state index >= 15 is 0 Å². The molecule has 16 heavy (non-hydrogen) atoms. The Morgan fingerprint density at radius 3 is 2.00 bits per heavy atom. The number of rotatable bonds is 5. The number of hydrogen-bond acceptors (Lipinski definition) is 6. The number of carbonyl (C=O) groups excluding carboxylic acids is 2. The SMILES string of the molecule is C=C(C)C(N)=O.O=C[C@@H](O)[C@@H](O)[C@H](O)CO. The van der Waals surface area contributed by atoms with Crippen molar-refractivity contribution in [1.29, 1.82) is 0 Å². The highest BCUT2D eigenvalue weighted by atomic mass is 16.4. The van der Waals surface area contributed by atoms with Gasteiger partial charge in [-0.25, -0.2) is 0 Å². The lowest BCUT2D eigenvalue weighted by Gasteiger charge is -2.16. The van der Waals surface area contributed by atoms with E-state index in [1.807, 2.05) is 0 Å². The molecule has 0 aromatic heterocycles. The second kappa shape index (κ2) is 8.98. The maximum absolute atomic E-state index is 9.82. The molecule has 1 amide bonds. The summed E-state index contributed by atoms with van der Waals surface area (Å²) < 4.78 is 0. The third-order valence-electron chi connectivity index (χ3n) is 1.49. The zero-order valence-electron chi connectivity index (χ0n) is 8.91. The minimum absolute atomic E-state index is 0.0869. The first-order valence-corrected chi connectivity index (χ1v) is 4.33. The normalized spacial score (nSPS) is 15.1. The number of nitrogens with two attached hydrogens (primary N) is 1. The first kappa shape index (κ1) is 17.1. The number of aliphatic hydroxyl groups excluding tert-OH is 4. The average Bonchev–Trinajstić information content (AvgIpc) is 2.26. The number of aldehydes is 1. The number of amides is 1. The van der Waals surface area contributed by atoms with Gasteiger partial charge < -0.3 is 31.0 Å². The van der Waals surface area contributed by atoms with Crippen LogP contribution in [0.3, 0.4) is 0 Å². The molecule has 7 heteroatoms. The van der Waals surface area contributed by atoms with Crippen molar-refractivity contribution in [2.45, 2.75) is 25.2 Å². The van der Waals surface area contributed by atoms with E-state index in [0.717, 1.165) is 0 Å². The highest BCUT2D eigenvalue weighted by Gasteiger charge is 2.22. The van der Waals surface area contributed by atoms with Crippen molar-refractivity contribution in [2.75, 3.05) is 6.61 Å². The van der Waals surface area contributed by atoms with Gasteiger partial charge in [-0.15, -0.1) is 0 Å². The summed E-state index contributed by atoms with van der Waals surface area (Å²) in [6.45, 7) is 4.16. The fraction of sp³-hybridized carbons (Fsp3) is 0.556. The molecule has 0 aliphatic heterocycles. The van der Waals surface area contributed by atoms with Crippen molar-refractivity contribution in [3.05, 3.63) is 12.2 Å². The lowest BCUT2D eigenvalue weighted by Crippen LogP contribution is -2.40. The van der Waals surface area contributed by atoms with E-state index in [1.54, 1.807) is 6.92 Å². The largest absolute Gasteiger partial charge is 0.394 e. The number of primary amides is 1. The molecule has 0 heterocycles. The number of aliphatic hydroxyl groups is 4. The predicted octanol–water partition coefficient (Wildman–Crippen LogP) is -2.69. The monoisotopic (exact) mass is 235 g/mol. The van der Waals surface area contributed by atoms with Crippen molar-refractivity contribution >= 4 is 12.2 Å². The minimum Gasteiger partial charge on any atom is -0.394 e. The summed E-state index contributed by atoms with van der Waals surface area (Å²) in [5, 5.41) is 34.1. The van der Waals surface area contributed by atoms with Crippen LogP contribution in [0.1, 0.15) is 6.92 Å². The fourth-order valence-corrected chi connectivity index (χ4v) is 0.416. The lowest BCUT2D eigenvalue weighted by molar-refractivity contribution is -0.127. The third kappa shape index (κ3) is 8.06. The molecule has 0 aromatic carbocycles. The Bertz CT molecular complexity index is 230. The van der Waals surface area contributed by atoms with Gasteiger partial charge in [0, 0.05) is 5.57 Å². The van der Waals surface area contributed by atoms with E-state index in [-0.39, 0.29) is 6.29 Å². The van der Waals surface area contributed by atoms with Gasteiger partial charge in [0.25, 0.3) is 0 Å². The smallest absolute Gasteiger partial charge is 0.243 e. The van der Waals surface area contributed by atoms with Gasteiger partial charge in [-0.05, 0) is 6.92 Å². The molecule has 0 saturated heterocycles. The van der Waals surface area contributed by atoms with Crippen LogP contribution >= 0.6 is 0 Å². The molecule has 0 radical (unpaired) electrons. The van der Waals surface area contributed by atoms with E-state index < -0.39 is 30.8 Å². The van der Waals surface area contributed by atoms with Crippen LogP contribution < -0.4 is 5.73 Å². The molecule has 0 rings (SSSR count). The van der Waals surface area contributed by atoms with Crippen molar-refractivity contribution in [3.63, 3.8) is 0 Å². The highest BCUT2D eigenvalue weighted by Crippen LogP contribution is 1.96. The molecule has 94 valence electrons. The van der Waals surface area contributed by atoms with Crippen molar-refractivity contribution < 1.29 is 30.0 Å². The molecule has 7 nitrogen and oxygen atoms in total. The summed E-state index contributed by atoms with van der Waals surface area (Å²) in [6, 6.07) is 0. The van der Waals surface area contributed by atoms with Crippen LogP contribution in [0, 0.1) is 0 Å². The molecule has 3 atom stereocenters. The van der Waals surface area contributed by atoms with Crippen LogP contribution in [0.4, 0.5) is 0 Å². The molecule has 0 aliphatic carbocycles. The highest BCUT2D eigenvalue weighted by molar-refractivity contribution is 5.90. The van der Waals surface area contributed by atoms with Gasteiger partial charge in [-0.1, -0.05) is 6.58 Å².